The molecule has 0 aliphatic heterocycles. The molecule has 0 fully saturated rings. The van der Waals surface area contributed by atoms with Crippen molar-refractivity contribution in [1.29, 1.82) is 0 Å². The van der Waals surface area contributed by atoms with Crippen LogP contribution in [0.3, 0.4) is 0 Å². The van der Waals surface area contributed by atoms with Crippen molar-refractivity contribution in [3.05, 3.63) is 73.7 Å². The number of nitro groups is 1. The van der Waals surface area contributed by atoms with Crippen LogP contribution in [0.4, 0.5) is 16.5 Å². The van der Waals surface area contributed by atoms with E-state index in [-0.39, 0.29) is 23.2 Å². The summed E-state index contributed by atoms with van der Waals surface area (Å²) in [6.07, 6.45) is 0. The number of nitrogens with zero attached hydrogens (tertiary/aromatic N) is 3. The van der Waals surface area contributed by atoms with Crippen LogP contribution in [0, 0.1) is 24.0 Å². The fourth-order valence-electron chi connectivity index (χ4n) is 2.80. The van der Waals surface area contributed by atoms with Crippen LogP contribution in [0.15, 0.2) is 41.8 Å². The van der Waals surface area contributed by atoms with Crippen molar-refractivity contribution in [2.45, 2.75) is 27.4 Å². The van der Waals surface area contributed by atoms with Gasteiger partial charge in [-0.25, -0.2) is 4.98 Å². The second-order valence-electron chi connectivity index (χ2n) is 6.43. The number of aromatic nitrogens is 1. The van der Waals surface area contributed by atoms with E-state index in [9.17, 15) is 14.9 Å². The summed E-state index contributed by atoms with van der Waals surface area (Å²) in [6, 6.07) is 9.88. The van der Waals surface area contributed by atoms with Crippen LogP contribution >= 0.6 is 22.9 Å². The zero-order chi connectivity index (χ0) is 21.1. The maximum Gasteiger partial charge on any atom is 0.271 e. The summed E-state index contributed by atoms with van der Waals surface area (Å²) in [7, 11) is 0. The van der Waals surface area contributed by atoms with Gasteiger partial charge in [0.05, 0.1) is 21.3 Å². The lowest BCUT2D eigenvalue weighted by Gasteiger charge is -2.20. The Morgan fingerprint density at radius 1 is 1.28 bits per heavy atom. The fourth-order valence-corrected chi connectivity index (χ4v) is 3.89. The van der Waals surface area contributed by atoms with Crippen LogP contribution in [0.1, 0.15) is 23.7 Å². The molecule has 1 aromatic heterocycles. The molecule has 0 saturated heterocycles. The van der Waals surface area contributed by atoms with E-state index >= 15 is 0 Å². The molecule has 0 N–H and O–H groups in total. The van der Waals surface area contributed by atoms with E-state index in [0.717, 1.165) is 16.8 Å². The molecule has 9 heteroatoms. The lowest BCUT2D eigenvalue weighted by Crippen LogP contribution is -2.23. The smallest absolute Gasteiger partial charge is 0.271 e. The van der Waals surface area contributed by atoms with E-state index in [4.69, 9.17) is 16.3 Å². The Morgan fingerprint density at radius 3 is 2.66 bits per heavy atom. The number of halogens is 1. The Morgan fingerprint density at radius 2 is 2.03 bits per heavy atom. The number of nitro benzene ring substituents is 1. The highest BCUT2D eigenvalue weighted by atomic mass is 35.5. The standard InChI is InChI=1S/C20H18ClN3O4S/c1-12-4-6-18(13(2)8-12)23(14(3)25)20-22-15(11-29-20)10-28-19-7-5-16(24(26)27)9-17(19)21/h4-9,11H,10H2,1-3H3. The summed E-state index contributed by atoms with van der Waals surface area (Å²) in [5, 5.41) is 13.3. The van der Waals surface area contributed by atoms with Crippen molar-refractivity contribution in [1.82, 2.24) is 4.98 Å². The molecule has 29 heavy (non-hydrogen) atoms. The molecular formula is C20H18ClN3O4S. The number of aryl methyl sites for hydroxylation is 2. The normalized spacial score (nSPS) is 10.6. The van der Waals surface area contributed by atoms with Gasteiger partial charge in [-0.15, -0.1) is 11.3 Å². The Bertz CT molecular complexity index is 1080. The fraction of sp³-hybridized carbons (Fsp3) is 0.200. The van der Waals surface area contributed by atoms with Crippen LogP contribution in [-0.2, 0) is 11.4 Å². The molecule has 0 aliphatic rings. The van der Waals surface area contributed by atoms with Gasteiger partial charge in [-0.05, 0) is 31.5 Å². The Hall–Kier alpha value is -2.97. The molecule has 3 aromatic rings. The number of hydrogen-bond donors (Lipinski definition) is 0. The average molecular weight is 432 g/mol. The van der Waals surface area contributed by atoms with E-state index in [1.165, 1.54) is 36.5 Å². The maximum absolute atomic E-state index is 12.3. The first-order valence-corrected chi connectivity index (χ1v) is 9.91. The van der Waals surface area contributed by atoms with Gasteiger partial charge >= 0.3 is 0 Å². The minimum absolute atomic E-state index is 0.108. The number of hydrogen-bond acceptors (Lipinski definition) is 6. The van der Waals surface area contributed by atoms with Gasteiger partial charge in [0.25, 0.3) is 5.69 Å². The van der Waals surface area contributed by atoms with Crippen molar-refractivity contribution < 1.29 is 14.5 Å². The van der Waals surface area contributed by atoms with E-state index < -0.39 is 4.92 Å². The number of carbonyl (C=O) groups excluding carboxylic acids is 1. The second-order valence-corrected chi connectivity index (χ2v) is 7.67. The highest BCUT2D eigenvalue weighted by molar-refractivity contribution is 7.14. The molecule has 1 amide bonds. The van der Waals surface area contributed by atoms with Gasteiger partial charge in [-0.2, -0.15) is 0 Å². The molecule has 1 heterocycles. The first kappa shape index (κ1) is 20.8. The SMILES string of the molecule is CC(=O)N(c1nc(COc2ccc([N+](=O)[O-])cc2Cl)cs1)c1ccc(C)cc1C. The molecule has 0 atom stereocenters. The average Bonchev–Trinajstić information content (AvgIpc) is 3.10. The lowest BCUT2D eigenvalue weighted by molar-refractivity contribution is -0.384. The summed E-state index contributed by atoms with van der Waals surface area (Å²) >= 11 is 7.38. The number of thiazole rings is 1. The minimum atomic E-state index is -0.522. The van der Waals surface area contributed by atoms with E-state index in [0.29, 0.717) is 16.6 Å². The predicted octanol–water partition coefficient (Wildman–Crippen LogP) is 5.59. The second kappa shape index (κ2) is 8.59. The molecule has 7 nitrogen and oxygen atoms in total. The van der Waals surface area contributed by atoms with Crippen LogP contribution < -0.4 is 9.64 Å². The topological polar surface area (TPSA) is 85.6 Å². The van der Waals surface area contributed by atoms with Gasteiger partial charge in [-0.3, -0.25) is 19.8 Å². The lowest BCUT2D eigenvalue weighted by atomic mass is 10.1. The monoisotopic (exact) mass is 431 g/mol. The molecule has 0 bridgehead atoms. The number of anilines is 2. The highest BCUT2D eigenvalue weighted by Crippen LogP contribution is 2.33. The number of non-ortho nitro benzene ring substituents is 1. The summed E-state index contributed by atoms with van der Waals surface area (Å²) in [5.74, 6) is 0.182. The van der Waals surface area contributed by atoms with Gasteiger partial charge in [0.15, 0.2) is 5.13 Å². The van der Waals surface area contributed by atoms with Crippen molar-refractivity contribution in [3.8, 4) is 5.75 Å². The summed E-state index contributed by atoms with van der Waals surface area (Å²) in [6.45, 7) is 5.56. The molecule has 0 unspecified atom stereocenters. The molecule has 0 saturated carbocycles. The Labute approximate surface area is 176 Å². The third-order valence-electron chi connectivity index (χ3n) is 4.14. The number of rotatable bonds is 6. The van der Waals surface area contributed by atoms with E-state index in [1.807, 2.05) is 32.0 Å². The van der Waals surface area contributed by atoms with Gasteiger partial charge in [0.1, 0.15) is 12.4 Å². The molecule has 0 aliphatic carbocycles. The van der Waals surface area contributed by atoms with Crippen LogP contribution in [0.5, 0.6) is 5.75 Å². The van der Waals surface area contributed by atoms with Crippen LogP contribution in [-0.4, -0.2) is 15.8 Å². The summed E-state index contributed by atoms with van der Waals surface area (Å²) in [5.41, 5.74) is 3.39. The van der Waals surface area contributed by atoms with Crippen LogP contribution in [0.25, 0.3) is 0 Å². The number of carbonyl (C=O) groups is 1. The first-order chi connectivity index (χ1) is 13.8. The molecule has 3 rings (SSSR count). The largest absolute Gasteiger partial charge is 0.486 e. The van der Waals surface area contributed by atoms with Gasteiger partial charge in [-0.1, -0.05) is 29.3 Å². The third-order valence-corrected chi connectivity index (χ3v) is 5.31. The van der Waals surface area contributed by atoms with Crippen molar-refractivity contribution in [2.75, 3.05) is 4.90 Å². The zero-order valence-electron chi connectivity index (χ0n) is 16.0. The predicted molar refractivity (Wildman–Crippen MR) is 113 cm³/mol. The summed E-state index contributed by atoms with van der Waals surface area (Å²) < 4.78 is 5.64. The summed E-state index contributed by atoms with van der Waals surface area (Å²) in [4.78, 5) is 28.6. The minimum Gasteiger partial charge on any atom is -0.486 e. The van der Waals surface area contributed by atoms with E-state index in [2.05, 4.69) is 4.98 Å². The molecule has 0 spiro atoms. The highest BCUT2D eigenvalue weighted by Gasteiger charge is 2.20. The quantitative estimate of drug-likeness (QED) is 0.375. The van der Waals surface area contributed by atoms with Gasteiger partial charge in [0, 0.05) is 24.4 Å². The molecular weight excluding hydrogens is 414 g/mol. The third kappa shape index (κ3) is 4.72. The van der Waals surface area contributed by atoms with E-state index in [1.54, 1.807) is 10.3 Å². The molecule has 150 valence electrons. The Balaban J connectivity index is 1.79. The number of benzene rings is 2. The number of amides is 1. The Kier molecular flexibility index (Phi) is 6.14. The zero-order valence-corrected chi connectivity index (χ0v) is 17.6. The molecule has 2 aromatic carbocycles. The van der Waals surface area contributed by atoms with Gasteiger partial charge in [0.2, 0.25) is 5.91 Å². The van der Waals surface area contributed by atoms with Crippen molar-refractivity contribution in [2.24, 2.45) is 0 Å². The van der Waals surface area contributed by atoms with Crippen LogP contribution in [0.2, 0.25) is 5.02 Å². The van der Waals surface area contributed by atoms with Crippen molar-refractivity contribution in [3.63, 3.8) is 0 Å². The maximum atomic E-state index is 12.3. The molecule has 0 radical (unpaired) electrons. The van der Waals surface area contributed by atoms with Crippen molar-refractivity contribution >= 4 is 45.4 Å². The first-order valence-electron chi connectivity index (χ1n) is 8.65. The van der Waals surface area contributed by atoms with Gasteiger partial charge < -0.3 is 4.74 Å². The number of ether oxygens (including phenoxy) is 1.